The summed E-state index contributed by atoms with van der Waals surface area (Å²) < 4.78 is 6.01. The van der Waals surface area contributed by atoms with Crippen molar-refractivity contribution < 1.29 is 4.74 Å². The lowest BCUT2D eigenvalue weighted by molar-refractivity contribution is -0.0830. The number of nitrogens with one attached hydrogen (secondary N) is 1. The summed E-state index contributed by atoms with van der Waals surface area (Å²) in [6.45, 7) is 9.86. The summed E-state index contributed by atoms with van der Waals surface area (Å²) in [7, 11) is 0. The molecule has 0 bridgehead atoms. The smallest absolute Gasteiger partial charge is 0.0629 e. The minimum absolute atomic E-state index is 0.0162. The molecule has 0 aliphatic carbocycles. The van der Waals surface area contributed by atoms with Crippen LogP contribution in [0.15, 0.2) is 54.6 Å². The lowest BCUT2D eigenvalue weighted by Gasteiger charge is -2.39. The van der Waals surface area contributed by atoms with Gasteiger partial charge in [-0.3, -0.25) is 0 Å². The molecule has 2 fully saturated rings. The summed E-state index contributed by atoms with van der Waals surface area (Å²) in [4.78, 5) is 2.50. The molecule has 168 valence electrons. The van der Waals surface area contributed by atoms with Crippen LogP contribution in [0.3, 0.4) is 0 Å². The first-order valence-corrected chi connectivity index (χ1v) is 12.3. The Labute approximate surface area is 189 Å². The highest BCUT2D eigenvalue weighted by atomic mass is 16.5. The molecule has 0 saturated carbocycles. The van der Waals surface area contributed by atoms with Crippen LogP contribution < -0.4 is 10.2 Å². The van der Waals surface area contributed by atoms with Crippen LogP contribution in [0.25, 0.3) is 0 Å². The largest absolute Gasteiger partial charge is 0.376 e. The van der Waals surface area contributed by atoms with Crippen LogP contribution in [0.4, 0.5) is 5.69 Å². The summed E-state index contributed by atoms with van der Waals surface area (Å²) in [6, 6.07) is 20.2. The Morgan fingerprint density at radius 2 is 1.74 bits per heavy atom. The second-order valence-corrected chi connectivity index (χ2v) is 10.1. The van der Waals surface area contributed by atoms with Crippen molar-refractivity contribution in [3.8, 4) is 0 Å². The highest BCUT2D eigenvalue weighted by Gasteiger charge is 2.33. The SMILES string of the molecule is CC1(C)CC(C(CCNCc2ccc(N3CCCC3)cc2)Cc2ccccc2)CCO1. The van der Waals surface area contributed by atoms with Gasteiger partial charge in [-0.05, 0) is 94.0 Å². The second kappa shape index (κ2) is 10.7. The van der Waals surface area contributed by atoms with E-state index >= 15 is 0 Å². The van der Waals surface area contributed by atoms with Gasteiger partial charge in [0.2, 0.25) is 0 Å². The minimum Gasteiger partial charge on any atom is -0.376 e. The van der Waals surface area contributed by atoms with Crippen molar-refractivity contribution in [2.45, 2.75) is 64.5 Å². The number of ether oxygens (including phenoxy) is 1. The molecular formula is C28H40N2O. The minimum atomic E-state index is 0.0162. The van der Waals surface area contributed by atoms with Gasteiger partial charge in [-0.2, -0.15) is 0 Å². The molecule has 2 aromatic rings. The van der Waals surface area contributed by atoms with E-state index in [4.69, 9.17) is 4.74 Å². The van der Waals surface area contributed by atoms with Crippen LogP contribution in [0.2, 0.25) is 0 Å². The average molecular weight is 421 g/mol. The Balaban J connectivity index is 1.29. The van der Waals surface area contributed by atoms with Crippen molar-refractivity contribution in [3.05, 3.63) is 65.7 Å². The molecule has 0 amide bonds. The zero-order chi connectivity index (χ0) is 21.5. The number of nitrogens with zero attached hydrogens (tertiary/aromatic N) is 1. The van der Waals surface area contributed by atoms with Gasteiger partial charge in [0.05, 0.1) is 5.60 Å². The highest BCUT2D eigenvalue weighted by molar-refractivity contribution is 5.48. The van der Waals surface area contributed by atoms with E-state index in [-0.39, 0.29) is 5.60 Å². The number of rotatable bonds is 9. The van der Waals surface area contributed by atoms with Crippen LogP contribution >= 0.6 is 0 Å². The molecule has 2 heterocycles. The molecule has 2 atom stereocenters. The molecule has 4 rings (SSSR count). The van der Waals surface area contributed by atoms with Crippen molar-refractivity contribution in [1.29, 1.82) is 0 Å². The molecule has 2 unspecified atom stereocenters. The van der Waals surface area contributed by atoms with Crippen molar-refractivity contribution in [1.82, 2.24) is 5.32 Å². The van der Waals surface area contributed by atoms with Crippen LogP contribution in [0, 0.1) is 11.8 Å². The fourth-order valence-electron chi connectivity index (χ4n) is 5.42. The maximum absolute atomic E-state index is 6.01. The standard InChI is InChI=1S/C28H40N2O/c1-28(2)21-26(15-19-31-28)25(20-23-8-4-3-5-9-23)14-16-29-22-24-10-12-27(13-11-24)30-17-6-7-18-30/h3-5,8-13,25-26,29H,6-7,14-22H2,1-2H3. The van der Waals surface area contributed by atoms with Gasteiger partial charge in [0.1, 0.15) is 0 Å². The fourth-order valence-corrected chi connectivity index (χ4v) is 5.42. The first kappa shape index (κ1) is 22.4. The molecule has 2 aliphatic rings. The predicted molar refractivity (Wildman–Crippen MR) is 131 cm³/mol. The Morgan fingerprint density at radius 1 is 1.00 bits per heavy atom. The predicted octanol–water partition coefficient (Wildman–Crippen LogP) is 5.83. The Kier molecular flexibility index (Phi) is 7.68. The van der Waals surface area contributed by atoms with E-state index in [1.165, 1.54) is 68.4 Å². The van der Waals surface area contributed by atoms with Crippen molar-refractivity contribution in [2.24, 2.45) is 11.8 Å². The monoisotopic (exact) mass is 420 g/mol. The molecule has 0 aromatic heterocycles. The van der Waals surface area contributed by atoms with E-state index < -0.39 is 0 Å². The third kappa shape index (κ3) is 6.57. The van der Waals surface area contributed by atoms with Crippen molar-refractivity contribution in [2.75, 3.05) is 31.1 Å². The summed E-state index contributed by atoms with van der Waals surface area (Å²) in [6.07, 6.45) is 7.42. The van der Waals surface area contributed by atoms with Gasteiger partial charge in [0, 0.05) is 31.9 Å². The zero-order valence-electron chi connectivity index (χ0n) is 19.5. The molecule has 2 aromatic carbocycles. The maximum atomic E-state index is 6.01. The normalized spacial score (nSPS) is 21.9. The first-order chi connectivity index (χ1) is 15.1. The molecule has 0 spiro atoms. The van der Waals surface area contributed by atoms with Crippen LogP contribution in [0.5, 0.6) is 0 Å². The van der Waals surface area contributed by atoms with Gasteiger partial charge in [0.15, 0.2) is 0 Å². The zero-order valence-corrected chi connectivity index (χ0v) is 19.5. The number of anilines is 1. The van der Waals surface area contributed by atoms with Gasteiger partial charge in [-0.25, -0.2) is 0 Å². The average Bonchev–Trinajstić information content (AvgIpc) is 3.31. The summed E-state index contributed by atoms with van der Waals surface area (Å²) >= 11 is 0. The molecule has 2 saturated heterocycles. The fraction of sp³-hybridized carbons (Fsp3) is 0.571. The number of benzene rings is 2. The van der Waals surface area contributed by atoms with Crippen LogP contribution in [0.1, 0.15) is 57.1 Å². The Hall–Kier alpha value is -1.84. The number of hydrogen-bond acceptors (Lipinski definition) is 3. The Morgan fingerprint density at radius 3 is 2.45 bits per heavy atom. The summed E-state index contributed by atoms with van der Waals surface area (Å²) in [5, 5.41) is 3.72. The Bertz CT molecular complexity index is 780. The number of hydrogen-bond donors (Lipinski definition) is 1. The lowest BCUT2D eigenvalue weighted by Crippen LogP contribution is -2.38. The lowest BCUT2D eigenvalue weighted by atomic mass is 9.75. The van der Waals surface area contributed by atoms with Gasteiger partial charge in [0.25, 0.3) is 0 Å². The molecular weight excluding hydrogens is 380 g/mol. The van der Waals surface area contributed by atoms with E-state index in [1.54, 1.807) is 0 Å². The summed E-state index contributed by atoms with van der Waals surface area (Å²) in [5.74, 6) is 1.45. The van der Waals surface area contributed by atoms with Crippen LogP contribution in [-0.2, 0) is 17.7 Å². The molecule has 0 radical (unpaired) electrons. The third-order valence-corrected chi connectivity index (χ3v) is 7.17. The van der Waals surface area contributed by atoms with Gasteiger partial charge < -0.3 is 15.0 Å². The summed E-state index contributed by atoms with van der Waals surface area (Å²) in [5.41, 5.74) is 4.25. The molecule has 3 nitrogen and oxygen atoms in total. The molecule has 3 heteroatoms. The van der Waals surface area contributed by atoms with Crippen LogP contribution in [-0.4, -0.2) is 31.8 Å². The molecule has 31 heavy (non-hydrogen) atoms. The van der Waals surface area contributed by atoms with Crippen molar-refractivity contribution >= 4 is 5.69 Å². The molecule has 1 N–H and O–H groups in total. The van der Waals surface area contributed by atoms with Crippen molar-refractivity contribution in [3.63, 3.8) is 0 Å². The second-order valence-electron chi connectivity index (χ2n) is 10.1. The van der Waals surface area contributed by atoms with E-state index in [2.05, 4.69) is 78.7 Å². The first-order valence-electron chi connectivity index (χ1n) is 12.3. The van der Waals surface area contributed by atoms with E-state index in [1.807, 2.05) is 0 Å². The topological polar surface area (TPSA) is 24.5 Å². The van der Waals surface area contributed by atoms with E-state index in [9.17, 15) is 0 Å². The molecule has 2 aliphatic heterocycles. The van der Waals surface area contributed by atoms with E-state index in [0.717, 1.165) is 25.6 Å². The quantitative estimate of drug-likeness (QED) is 0.517. The van der Waals surface area contributed by atoms with Gasteiger partial charge in [-0.1, -0.05) is 42.5 Å². The highest BCUT2D eigenvalue weighted by Crippen LogP contribution is 2.36. The maximum Gasteiger partial charge on any atom is 0.0629 e. The van der Waals surface area contributed by atoms with Gasteiger partial charge in [-0.15, -0.1) is 0 Å². The van der Waals surface area contributed by atoms with E-state index in [0.29, 0.717) is 5.92 Å². The van der Waals surface area contributed by atoms with Gasteiger partial charge >= 0.3 is 0 Å². The third-order valence-electron chi connectivity index (χ3n) is 7.17.